The summed E-state index contributed by atoms with van der Waals surface area (Å²) in [5.74, 6) is 1.45. The van der Waals surface area contributed by atoms with E-state index in [1.165, 1.54) is 0 Å². The summed E-state index contributed by atoms with van der Waals surface area (Å²) < 4.78 is 10.7. The van der Waals surface area contributed by atoms with Crippen molar-refractivity contribution in [3.63, 3.8) is 0 Å². The van der Waals surface area contributed by atoms with Gasteiger partial charge in [-0.05, 0) is 38.5 Å². The Morgan fingerprint density at radius 3 is 2.63 bits per heavy atom. The van der Waals surface area contributed by atoms with Gasteiger partial charge < -0.3 is 25.0 Å². The summed E-state index contributed by atoms with van der Waals surface area (Å²) >= 11 is 0. The van der Waals surface area contributed by atoms with Crippen LogP contribution >= 0.6 is 0 Å². The Morgan fingerprint density at radius 2 is 2.00 bits per heavy atom. The summed E-state index contributed by atoms with van der Waals surface area (Å²) in [5, 5.41) is 6.23. The van der Waals surface area contributed by atoms with Gasteiger partial charge in [-0.3, -0.25) is 9.79 Å². The second kappa shape index (κ2) is 11.4. The zero-order valence-electron chi connectivity index (χ0n) is 17.5. The molecule has 0 saturated heterocycles. The molecule has 0 unspecified atom stereocenters. The summed E-state index contributed by atoms with van der Waals surface area (Å²) in [6.07, 6.45) is 0.854. The van der Waals surface area contributed by atoms with Crippen LogP contribution in [-0.2, 0) is 16.1 Å². The van der Waals surface area contributed by atoms with E-state index in [1.54, 1.807) is 19.1 Å². The van der Waals surface area contributed by atoms with Crippen LogP contribution in [0.4, 0.5) is 0 Å². The van der Waals surface area contributed by atoms with Gasteiger partial charge in [-0.25, -0.2) is 0 Å². The Morgan fingerprint density at radius 1 is 1.26 bits per heavy atom. The summed E-state index contributed by atoms with van der Waals surface area (Å²) in [5.41, 5.74) is 0.825. The fraction of sp³-hybridized carbons (Fsp3) is 0.600. The summed E-state index contributed by atoms with van der Waals surface area (Å²) in [4.78, 5) is 18.1. The molecule has 0 aliphatic heterocycles. The van der Waals surface area contributed by atoms with Crippen molar-refractivity contribution in [3.05, 3.63) is 29.8 Å². The molecule has 7 nitrogen and oxygen atoms in total. The Balaban J connectivity index is 2.53. The van der Waals surface area contributed by atoms with Gasteiger partial charge in [0, 0.05) is 46.3 Å². The number of hydrogen-bond donors (Lipinski definition) is 2. The molecule has 0 heterocycles. The van der Waals surface area contributed by atoms with E-state index in [0.717, 1.165) is 17.7 Å². The van der Waals surface area contributed by atoms with Gasteiger partial charge in [0.15, 0.2) is 5.96 Å². The molecule has 0 aliphatic carbocycles. The van der Waals surface area contributed by atoms with Crippen molar-refractivity contribution in [2.45, 2.75) is 39.3 Å². The lowest BCUT2D eigenvalue weighted by Crippen LogP contribution is -2.48. The fourth-order valence-electron chi connectivity index (χ4n) is 2.45. The average Bonchev–Trinajstić information content (AvgIpc) is 2.58. The number of benzene rings is 1. The first kappa shape index (κ1) is 22.8. The Kier molecular flexibility index (Phi) is 9.64. The molecule has 0 aromatic heterocycles. The predicted octanol–water partition coefficient (Wildman–Crippen LogP) is 2.02. The van der Waals surface area contributed by atoms with Crippen LogP contribution in [-0.4, -0.2) is 63.3 Å². The smallest absolute Gasteiger partial charge is 0.240 e. The number of hydrogen-bond acceptors (Lipinski definition) is 4. The Bertz CT molecular complexity index is 611. The number of rotatable bonds is 9. The number of aliphatic imine (C=N–C) groups is 1. The quantitative estimate of drug-likeness (QED) is 0.391. The summed E-state index contributed by atoms with van der Waals surface area (Å²) in [6, 6.07) is 7.92. The monoisotopic (exact) mass is 378 g/mol. The van der Waals surface area contributed by atoms with Gasteiger partial charge in [0.25, 0.3) is 0 Å². The minimum atomic E-state index is -0.251. The standard InChI is InChI=1S/C20H34N4O3/c1-20(2,3)23-18(25)15-24(5)19(21-4)22-14-16-9-7-10-17(13-16)27-12-8-11-26-6/h7,9-10,13H,8,11-12,14-15H2,1-6H3,(H,21,22)(H,23,25). The molecule has 0 radical (unpaired) electrons. The number of amides is 1. The number of likely N-dealkylation sites (N-methyl/N-ethyl adjacent to an activating group) is 1. The topological polar surface area (TPSA) is 75.2 Å². The molecular weight excluding hydrogens is 344 g/mol. The van der Waals surface area contributed by atoms with Crippen molar-refractivity contribution in [2.75, 3.05) is 41.0 Å². The number of ether oxygens (including phenoxy) is 2. The number of nitrogens with zero attached hydrogens (tertiary/aromatic N) is 2. The van der Waals surface area contributed by atoms with Gasteiger partial charge >= 0.3 is 0 Å². The van der Waals surface area contributed by atoms with E-state index >= 15 is 0 Å². The lowest BCUT2D eigenvalue weighted by molar-refractivity contribution is -0.122. The molecule has 152 valence electrons. The highest BCUT2D eigenvalue weighted by molar-refractivity contribution is 5.86. The van der Waals surface area contributed by atoms with E-state index in [9.17, 15) is 4.79 Å². The van der Waals surface area contributed by atoms with E-state index in [2.05, 4.69) is 15.6 Å². The van der Waals surface area contributed by atoms with Crippen LogP contribution in [0.5, 0.6) is 5.75 Å². The Hall–Kier alpha value is -2.28. The molecule has 1 rings (SSSR count). The summed E-state index contributed by atoms with van der Waals surface area (Å²) in [6.45, 7) is 8.02. The highest BCUT2D eigenvalue weighted by Crippen LogP contribution is 2.13. The van der Waals surface area contributed by atoms with Gasteiger partial charge in [0.1, 0.15) is 5.75 Å². The lowest BCUT2D eigenvalue weighted by Gasteiger charge is -2.25. The van der Waals surface area contributed by atoms with Gasteiger partial charge in [0.2, 0.25) is 5.91 Å². The van der Waals surface area contributed by atoms with Gasteiger partial charge in [-0.15, -0.1) is 0 Å². The van der Waals surface area contributed by atoms with E-state index in [4.69, 9.17) is 9.47 Å². The van der Waals surface area contributed by atoms with Crippen LogP contribution in [0.15, 0.2) is 29.3 Å². The molecule has 0 fully saturated rings. The maximum Gasteiger partial charge on any atom is 0.240 e. The van der Waals surface area contributed by atoms with Crippen LogP contribution in [0.1, 0.15) is 32.8 Å². The summed E-state index contributed by atoms with van der Waals surface area (Å²) in [7, 11) is 5.23. The molecule has 0 bridgehead atoms. The average molecular weight is 379 g/mol. The van der Waals surface area contributed by atoms with Gasteiger partial charge in [-0.2, -0.15) is 0 Å². The molecule has 7 heteroatoms. The van der Waals surface area contributed by atoms with E-state index < -0.39 is 0 Å². The van der Waals surface area contributed by atoms with Gasteiger partial charge in [0.05, 0.1) is 13.2 Å². The second-order valence-electron chi connectivity index (χ2n) is 7.40. The SMILES string of the molecule is CN=C(NCc1cccc(OCCCOC)c1)N(C)CC(=O)NC(C)(C)C. The third-order valence-electron chi connectivity index (χ3n) is 3.58. The van der Waals surface area contributed by atoms with Crippen LogP contribution in [0, 0.1) is 0 Å². The van der Waals surface area contributed by atoms with Crippen molar-refractivity contribution in [3.8, 4) is 5.75 Å². The first-order valence-electron chi connectivity index (χ1n) is 9.18. The van der Waals surface area contributed by atoms with Crippen molar-refractivity contribution < 1.29 is 14.3 Å². The number of methoxy groups -OCH3 is 1. The Labute approximate surface area is 163 Å². The second-order valence-corrected chi connectivity index (χ2v) is 7.40. The van der Waals surface area contributed by atoms with E-state index in [0.29, 0.717) is 25.7 Å². The molecule has 1 amide bonds. The minimum Gasteiger partial charge on any atom is -0.493 e. The predicted molar refractivity (Wildman–Crippen MR) is 109 cm³/mol. The van der Waals surface area contributed by atoms with Crippen molar-refractivity contribution in [1.82, 2.24) is 15.5 Å². The first-order chi connectivity index (χ1) is 12.7. The molecule has 1 aromatic rings. The molecule has 0 atom stereocenters. The molecule has 2 N–H and O–H groups in total. The largest absolute Gasteiger partial charge is 0.493 e. The molecule has 1 aromatic carbocycles. The molecule has 0 spiro atoms. The highest BCUT2D eigenvalue weighted by atomic mass is 16.5. The van der Waals surface area contributed by atoms with Crippen molar-refractivity contribution >= 4 is 11.9 Å². The number of guanidine groups is 1. The molecule has 0 saturated carbocycles. The number of carbonyl (C=O) groups excluding carboxylic acids is 1. The van der Waals surface area contributed by atoms with E-state index in [-0.39, 0.29) is 18.0 Å². The first-order valence-corrected chi connectivity index (χ1v) is 9.18. The number of nitrogens with one attached hydrogen (secondary N) is 2. The minimum absolute atomic E-state index is 0.0422. The normalized spacial score (nSPS) is 11.9. The fourth-order valence-corrected chi connectivity index (χ4v) is 2.45. The van der Waals surface area contributed by atoms with Crippen molar-refractivity contribution in [2.24, 2.45) is 4.99 Å². The molecule has 0 aliphatic rings. The van der Waals surface area contributed by atoms with Crippen LogP contribution < -0.4 is 15.4 Å². The van der Waals surface area contributed by atoms with Gasteiger partial charge in [-0.1, -0.05) is 12.1 Å². The third-order valence-corrected chi connectivity index (χ3v) is 3.58. The maximum atomic E-state index is 12.1. The molecular formula is C20H34N4O3. The lowest BCUT2D eigenvalue weighted by atomic mass is 10.1. The molecule has 27 heavy (non-hydrogen) atoms. The zero-order valence-corrected chi connectivity index (χ0v) is 17.5. The van der Waals surface area contributed by atoms with E-state index in [1.807, 2.05) is 52.1 Å². The van der Waals surface area contributed by atoms with Crippen LogP contribution in [0.2, 0.25) is 0 Å². The maximum absolute atomic E-state index is 12.1. The van der Waals surface area contributed by atoms with Crippen molar-refractivity contribution in [1.29, 1.82) is 0 Å². The highest BCUT2D eigenvalue weighted by Gasteiger charge is 2.16. The third kappa shape index (κ3) is 9.84. The zero-order chi connectivity index (χ0) is 20.3. The van der Waals surface area contributed by atoms with Crippen LogP contribution in [0.25, 0.3) is 0 Å². The number of carbonyl (C=O) groups is 1. The van der Waals surface area contributed by atoms with Crippen LogP contribution in [0.3, 0.4) is 0 Å².